The Morgan fingerprint density at radius 3 is 2.95 bits per heavy atom. The summed E-state index contributed by atoms with van der Waals surface area (Å²) < 4.78 is 5.69. The number of hydrogen-bond acceptors (Lipinski definition) is 3. The van der Waals surface area contributed by atoms with Gasteiger partial charge in [-0.1, -0.05) is 31.5 Å². The second kappa shape index (κ2) is 4.20. The lowest BCUT2D eigenvalue weighted by Crippen LogP contribution is -2.52. The van der Waals surface area contributed by atoms with E-state index in [1.54, 1.807) is 11.9 Å². The molecule has 1 aromatic carbocycles. The maximum Gasteiger partial charge on any atom is 0.261 e. The van der Waals surface area contributed by atoms with Gasteiger partial charge in [-0.15, -0.1) is 0 Å². The van der Waals surface area contributed by atoms with Crippen LogP contribution in [0.2, 0.25) is 0 Å². The lowest BCUT2D eigenvalue weighted by Gasteiger charge is -2.27. The van der Waals surface area contributed by atoms with Gasteiger partial charge >= 0.3 is 0 Å². The summed E-state index contributed by atoms with van der Waals surface area (Å²) in [6.45, 7) is 2.08. The molecule has 2 aliphatic rings. The monoisotopic (exact) mass is 276 g/mol. The van der Waals surface area contributed by atoms with Gasteiger partial charge in [0.15, 0.2) is 5.54 Å². The van der Waals surface area contributed by atoms with E-state index in [0.29, 0.717) is 5.17 Å². The third-order valence-corrected chi connectivity index (χ3v) is 4.11. The molecule has 4 nitrogen and oxygen atoms in total. The second-order valence-electron chi connectivity index (χ2n) is 5.00. The topological polar surface area (TPSA) is 41.6 Å². The molecular weight excluding hydrogens is 260 g/mol. The van der Waals surface area contributed by atoms with E-state index >= 15 is 0 Å². The Morgan fingerprint density at radius 1 is 1.47 bits per heavy atom. The van der Waals surface area contributed by atoms with Crippen LogP contribution in [-0.4, -0.2) is 24.2 Å². The van der Waals surface area contributed by atoms with Gasteiger partial charge in [-0.2, -0.15) is 0 Å². The predicted octanol–water partition coefficient (Wildman–Crippen LogP) is 1.93. The van der Waals surface area contributed by atoms with Gasteiger partial charge in [-0.25, -0.2) is 0 Å². The summed E-state index contributed by atoms with van der Waals surface area (Å²) in [6, 6.07) is 7.81. The number of para-hydroxylation sites is 1. The van der Waals surface area contributed by atoms with Crippen molar-refractivity contribution in [3.63, 3.8) is 0 Å². The smallest absolute Gasteiger partial charge is 0.261 e. The van der Waals surface area contributed by atoms with Crippen LogP contribution >= 0.6 is 12.2 Å². The number of hydrogen-bond donors (Lipinski definition) is 1. The highest BCUT2D eigenvalue weighted by Crippen LogP contribution is 2.45. The number of anilines is 1. The Balaban J connectivity index is 2.17. The fourth-order valence-corrected chi connectivity index (χ4v) is 3.32. The van der Waals surface area contributed by atoms with Crippen molar-refractivity contribution in [1.82, 2.24) is 5.32 Å². The SMILES string of the molecule is CCC[C@@H]1OC(=S)N[C@]12C(=O)N(C)c1ccccc12. The minimum absolute atomic E-state index is 0.00648. The molecule has 5 heteroatoms. The highest BCUT2D eigenvalue weighted by Gasteiger charge is 2.59. The van der Waals surface area contributed by atoms with Crippen molar-refractivity contribution in [3.05, 3.63) is 29.8 Å². The molecule has 0 bridgehead atoms. The first-order valence-corrected chi connectivity index (χ1v) is 6.88. The average Bonchev–Trinajstić information content (AvgIpc) is 2.84. The molecule has 0 radical (unpaired) electrons. The third-order valence-electron chi connectivity index (χ3n) is 3.91. The minimum atomic E-state index is -0.835. The van der Waals surface area contributed by atoms with Crippen LogP contribution < -0.4 is 10.2 Å². The van der Waals surface area contributed by atoms with Crippen LogP contribution in [0.15, 0.2) is 24.3 Å². The molecule has 1 fully saturated rings. The summed E-state index contributed by atoms with van der Waals surface area (Å²) in [5.74, 6) is 0.00648. The van der Waals surface area contributed by atoms with Crippen LogP contribution in [0.4, 0.5) is 5.69 Å². The first-order chi connectivity index (χ1) is 9.11. The van der Waals surface area contributed by atoms with E-state index in [1.807, 2.05) is 24.3 Å². The van der Waals surface area contributed by atoms with Gasteiger partial charge in [0.2, 0.25) is 0 Å². The van der Waals surface area contributed by atoms with Crippen LogP contribution in [0.1, 0.15) is 25.3 Å². The van der Waals surface area contributed by atoms with Crippen LogP contribution in [0.3, 0.4) is 0 Å². The van der Waals surface area contributed by atoms with Gasteiger partial charge in [0.1, 0.15) is 6.10 Å². The zero-order chi connectivity index (χ0) is 13.6. The number of fused-ring (bicyclic) bond motifs is 2. The standard InChI is InChI=1S/C14H16N2O2S/c1-3-6-11-14(15-13(19)18-11)9-7-4-5-8-10(9)16(2)12(14)17/h4-5,7-8,11H,3,6H2,1-2H3,(H,15,19)/t11-,14-/m0/s1. The van der Waals surface area contributed by atoms with Crippen LogP contribution in [0.25, 0.3) is 0 Å². The second-order valence-corrected chi connectivity index (χ2v) is 5.37. The summed E-state index contributed by atoms with van der Waals surface area (Å²) in [5.41, 5.74) is 1.05. The molecular formula is C14H16N2O2S. The molecule has 3 rings (SSSR count). The maximum absolute atomic E-state index is 12.7. The van der Waals surface area contributed by atoms with Gasteiger partial charge in [-0.3, -0.25) is 4.79 Å². The quantitative estimate of drug-likeness (QED) is 0.838. The van der Waals surface area contributed by atoms with Crippen molar-refractivity contribution < 1.29 is 9.53 Å². The normalized spacial score (nSPS) is 28.5. The van der Waals surface area contributed by atoms with E-state index < -0.39 is 5.54 Å². The average molecular weight is 276 g/mol. The molecule has 2 aliphatic heterocycles. The highest BCUT2D eigenvalue weighted by atomic mass is 32.1. The first kappa shape index (κ1) is 12.4. The lowest BCUT2D eigenvalue weighted by molar-refractivity contribution is -0.125. The molecule has 0 unspecified atom stereocenters. The van der Waals surface area contributed by atoms with Crippen LogP contribution in [0.5, 0.6) is 0 Å². The lowest BCUT2D eigenvalue weighted by atomic mass is 9.84. The number of ether oxygens (including phenoxy) is 1. The predicted molar refractivity (Wildman–Crippen MR) is 77.0 cm³/mol. The molecule has 1 aromatic rings. The molecule has 0 aliphatic carbocycles. The first-order valence-electron chi connectivity index (χ1n) is 6.47. The number of rotatable bonds is 2. The Kier molecular flexibility index (Phi) is 2.74. The molecule has 2 atom stereocenters. The van der Waals surface area contributed by atoms with Gasteiger partial charge in [0.25, 0.3) is 11.1 Å². The van der Waals surface area contributed by atoms with Crippen molar-refractivity contribution in [2.24, 2.45) is 0 Å². The molecule has 2 heterocycles. The van der Waals surface area contributed by atoms with Gasteiger partial charge in [0.05, 0.1) is 0 Å². The molecule has 0 saturated carbocycles. The summed E-state index contributed by atoms with van der Waals surface area (Å²) in [6.07, 6.45) is 1.50. The summed E-state index contributed by atoms with van der Waals surface area (Å²) >= 11 is 5.14. The number of carbonyl (C=O) groups is 1. The summed E-state index contributed by atoms with van der Waals surface area (Å²) in [7, 11) is 1.79. The largest absolute Gasteiger partial charge is 0.464 e. The number of nitrogens with one attached hydrogen (secondary N) is 1. The number of thiocarbonyl (C=S) groups is 1. The van der Waals surface area contributed by atoms with E-state index in [0.717, 1.165) is 24.1 Å². The molecule has 1 amide bonds. The van der Waals surface area contributed by atoms with Crippen LogP contribution in [-0.2, 0) is 15.1 Å². The number of nitrogens with zero attached hydrogens (tertiary/aromatic N) is 1. The minimum Gasteiger partial charge on any atom is -0.464 e. The fraction of sp³-hybridized carbons (Fsp3) is 0.429. The molecule has 19 heavy (non-hydrogen) atoms. The Hall–Kier alpha value is -1.62. The summed E-state index contributed by atoms with van der Waals surface area (Å²) in [4.78, 5) is 14.4. The van der Waals surface area contributed by atoms with Crippen molar-refractivity contribution in [3.8, 4) is 0 Å². The van der Waals surface area contributed by atoms with E-state index in [1.165, 1.54) is 0 Å². The van der Waals surface area contributed by atoms with E-state index in [4.69, 9.17) is 17.0 Å². The summed E-state index contributed by atoms with van der Waals surface area (Å²) in [5, 5.41) is 3.44. The van der Waals surface area contributed by atoms with Gasteiger partial charge in [-0.05, 0) is 24.7 Å². The van der Waals surface area contributed by atoms with Crippen molar-refractivity contribution in [2.75, 3.05) is 11.9 Å². The Labute approximate surface area is 117 Å². The van der Waals surface area contributed by atoms with Crippen LogP contribution in [0, 0.1) is 0 Å². The number of likely N-dealkylation sites (N-methyl/N-ethyl adjacent to an activating group) is 1. The number of benzene rings is 1. The zero-order valence-electron chi connectivity index (χ0n) is 11.0. The molecule has 1 saturated heterocycles. The maximum atomic E-state index is 12.7. The number of amides is 1. The van der Waals surface area contributed by atoms with E-state index in [9.17, 15) is 4.79 Å². The third kappa shape index (κ3) is 1.51. The fourth-order valence-electron chi connectivity index (χ4n) is 3.05. The number of carbonyl (C=O) groups excluding carboxylic acids is 1. The highest BCUT2D eigenvalue weighted by molar-refractivity contribution is 7.80. The van der Waals surface area contributed by atoms with Crippen molar-refractivity contribution >= 4 is 29.0 Å². The van der Waals surface area contributed by atoms with Crippen molar-refractivity contribution in [1.29, 1.82) is 0 Å². The van der Waals surface area contributed by atoms with E-state index in [2.05, 4.69) is 12.2 Å². The van der Waals surface area contributed by atoms with Crippen molar-refractivity contribution in [2.45, 2.75) is 31.4 Å². The van der Waals surface area contributed by atoms with E-state index in [-0.39, 0.29) is 12.0 Å². The Morgan fingerprint density at radius 2 is 2.21 bits per heavy atom. The molecule has 0 aromatic heterocycles. The molecule has 1 spiro atoms. The molecule has 1 N–H and O–H groups in total. The van der Waals surface area contributed by atoms with Gasteiger partial charge < -0.3 is 15.0 Å². The zero-order valence-corrected chi connectivity index (χ0v) is 11.8. The Bertz CT molecular complexity index is 560. The molecule has 100 valence electrons. The van der Waals surface area contributed by atoms with Gasteiger partial charge in [0, 0.05) is 18.3 Å².